The zero-order valence-corrected chi connectivity index (χ0v) is 11.0. The molecule has 3 heteroatoms. The van der Waals surface area contributed by atoms with E-state index >= 15 is 0 Å². The normalized spacial score (nSPS) is 12.2. The molecule has 0 aromatic heterocycles. The molecule has 0 heterocycles. The molecule has 100 valence electrons. The van der Waals surface area contributed by atoms with Gasteiger partial charge in [-0.2, -0.15) is 0 Å². The molecular weight excluding hydrogens is 241 g/mol. The van der Waals surface area contributed by atoms with Gasteiger partial charge < -0.3 is 10.5 Å². The van der Waals surface area contributed by atoms with Crippen LogP contribution < -0.4 is 10.5 Å². The number of benzene rings is 2. The van der Waals surface area contributed by atoms with E-state index in [9.17, 15) is 4.39 Å². The Hall–Kier alpha value is -1.87. The van der Waals surface area contributed by atoms with Gasteiger partial charge in [-0.05, 0) is 48.7 Å². The van der Waals surface area contributed by atoms with Gasteiger partial charge in [-0.3, -0.25) is 0 Å². The van der Waals surface area contributed by atoms with Crippen molar-refractivity contribution in [3.8, 4) is 11.5 Å². The average Bonchev–Trinajstić information content (AvgIpc) is 2.42. The van der Waals surface area contributed by atoms with Gasteiger partial charge in [0.1, 0.15) is 5.75 Å². The molecule has 2 rings (SSSR count). The van der Waals surface area contributed by atoms with Crippen molar-refractivity contribution >= 4 is 0 Å². The molecule has 0 bridgehead atoms. The van der Waals surface area contributed by atoms with E-state index in [0.29, 0.717) is 18.2 Å². The first-order valence-electron chi connectivity index (χ1n) is 6.43. The molecule has 2 aromatic carbocycles. The van der Waals surface area contributed by atoms with E-state index in [1.165, 1.54) is 11.6 Å². The first-order chi connectivity index (χ1) is 9.20. The summed E-state index contributed by atoms with van der Waals surface area (Å²) in [5.74, 6) is 0.939. The van der Waals surface area contributed by atoms with Crippen LogP contribution in [0.1, 0.15) is 24.8 Å². The fourth-order valence-corrected chi connectivity index (χ4v) is 1.94. The standard InChI is InChI=1S/C16H18FNO/c1-12(10-11-18)13-6-8-14(9-7-13)19-16-5-3-2-4-15(16)17/h2-9,12H,10-11,18H2,1H3. The zero-order valence-electron chi connectivity index (χ0n) is 11.0. The van der Waals surface area contributed by atoms with Crippen molar-refractivity contribution in [1.29, 1.82) is 0 Å². The topological polar surface area (TPSA) is 35.2 Å². The van der Waals surface area contributed by atoms with Gasteiger partial charge in [0.05, 0.1) is 0 Å². The summed E-state index contributed by atoms with van der Waals surface area (Å²) in [5.41, 5.74) is 6.76. The van der Waals surface area contributed by atoms with Crippen molar-refractivity contribution in [2.45, 2.75) is 19.3 Å². The van der Waals surface area contributed by atoms with E-state index in [1.807, 2.05) is 24.3 Å². The maximum atomic E-state index is 13.4. The minimum atomic E-state index is -0.358. The smallest absolute Gasteiger partial charge is 0.165 e. The molecule has 0 amide bonds. The Kier molecular flexibility index (Phi) is 4.53. The van der Waals surface area contributed by atoms with E-state index in [-0.39, 0.29) is 11.6 Å². The molecule has 2 N–H and O–H groups in total. The van der Waals surface area contributed by atoms with Crippen LogP contribution in [0.5, 0.6) is 11.5 Å². The Morgan fingerprint density at radius 1 is 1.11 bits per heavy atom. The summed E-state index contributed by atoms with van der Waals surface area (Å²) in [6.45, 7) is 2.81. The highest BCUT2D eigenvalue weighted by Gasteiger charge is 2.06. The fourth-order valence-electron chi connectivity index (χ4n) is 1.94. The van der Waals surface area contributed by atoms with Gasteiger partial charge in [-0.1, -0.05) is 31.2 Å². The molecule has 2 aromatic rings. The van der Waals surface area contributed by atoms with Crippen LogP contribution >= 0.6 is 0 Å². The summed E-state index contributed by atoms with van der Waals surface area (Å²) in [6.07, 6.45) is 0.952. The van der Waals surface area contributed by atoms with Gasteiger partial charge in [-0.25, -0.2) is 4.39 Å². The molecule has 1 unspecified atom stereocenters. The molecule has 1 atom stereocenters. The molecule has 0 saturated heterocycles. The summed E-state index contributed by atoms with van der Waals surface area (Å²) >= 11 is 0. The molecule has 0 aliphatic carbocycles. The summed E-state index contributed by atoms with van der Waals surface area (Å²) in [6, 6.07) is 14.1. The minimum Gasteiger partial charge on any atom is -0.454 e. The maximum absolute atomic E-state index is 13.4. The Morgan fingerprint density at radius 2 is 1.79 bits per heavy atom. The predicted octanol–water partition coefficient (Wildman–Crippen LogP) is 4.07. The summed E-state index contributed by atoms with van der Waals surface area (Å²) in [7, 11) is 0. The third-order valence-corrected chi connectivity index (χ3v) is 3.11. The van der Waals surface area contributed by atoms with Crippen molar-refractivity contribution in [2.24, 2.45) is 5.73 Å². The number of para-hydroxylation sites is 1. The lowest BCUT2D eigenvalue weighted by atomic mass is 9.98. The van der Waals surface area contributed by atoms with Crippen molar-refractivity contribution in [3.05, 3.63) is 59.9 Å². The van der Waals surface area contributed by atoms with Crippen molar-refractivity contribution < 1.29 is 9.13 Å². The third-order valence-electron chi connectivity index (χ3n) is 3.11. The second kappa shape index (κ2) is 6.34. The fraction of sp³-hybridized carbons (Fsp3) is 0.250. The van der Waals surface area contributed by atoms with Crippen LogP contribution in [0.25, 0.3) is 0 Å². The summed E-state index contributed by atoms with van der Waals surface area (Å²) in [5, 5.41) is 0. The Balaban J connectivity index is 2.09. The van der Waals surface area contributed by atoms with Gasteiger partial charge in [0.2, 0.25) is 0 Å². The molecule has 0 fully saturated rings. The van der Waals surface area contributed by atoms with E-state index < -0.39 is 0 Å². The lowest BCUT2D eigenvalue weighted by molar-refractivity contribution is 0.442. The molecule has 0 radical (unpaired) electrons. The largest absolute Gasteiger partial charge is 0.454 e. The predicted molar refractivity (Wildman–Crippen MR) is 75.0 cm³/mol. The SMILES string of the molecule is CC(CCN)c1ccc(Oc2ccccc2F)cc1. The first-order valence-corrected chi connectivity index (χ1v) is 6.43. The number of rotatable bonds is 5. The van der Waals surface area contributed by atoms with Crippen LogP contribution in [0.3, 0.4) is 0 Å². The van der Waals surface area contributed by atoms with Crippen molar-refractivity contribution in [3.63, 3.8) is 0 Å². The van der Waals surface area contributed by atoms with Crippen LogP contribution in [-0.2, 0) is 0 Å². The van der Waals surface area contributed by atoms with E-state index in [0.717, 1.165) is 6.42 Å². The molecule has 0 saturated carbocycles. The number of halogens is 1. The Labute approximate surface area is 113 Å². The monoisotopic (exact) mass is 259 g/mol. The van der Waals surface area contributed by atoms with Gasteiger partial charge in [-0.15, -0.1) is 0 Å². The molecule has 0 aliphatic heterocycles. The average molecular weight is 259 g/mol. The summed E-state index contributed by atoms with van der Waals surface area (Å²) < 4.78 is 18.9. The van der Waals surface area contributed by atoms with Gasteiger partial charge >= 0.3 is 0 Å². The highest BCUT2D eigenvalue weighted by Crippen LogP contribution is 2.26. The van der Waals surface area contributed by atoms with E-state index in [2.05, 4.69) is 6.92 Å². The molecule has 0 aliphatic rings. The minimum absolute atomic E-state index is 0.241. The highest BCUT2D eigenvalue weighted by molar-refractivity contribution is 5.34. The van der Waals surface area contributed by atoms with Crippen molar-refractivity contribution in [1.82, 2.24) is 0 Å². The van der Waals surface area contributed by atoms with E-state index in [4.69, 9.17) is 10.5 Å². The third kappa shape index (κ3) is 3.55. The molecule has 19 heavy (non-hydrogen) atoms. The van der Waals surface area contributed by atoms with Gasteiger partial charge in [0, 0.05) is 0 Å². The highest BCUT2D eigenvalue weighted by atomic mass is 19.1. The Bertz CT molecular complexity index is 525. The quantitative estimate of drug-likeness (QED) is 0.878. The Morgan fingerprint density at radius 3 is 2.42 bits per heavy atom. The number of hydrogen-bond acceptors (Lipinski definition) is 2. The van der Waals surface area contributed by atoms with Crippen LogP contribution in [-0.4, -0.2) is 6.54 Å². The maximum Gasteiger partial charge on any atom is 0.165 e. The lowest BCUT2D eigenvalue weighted by Gasteiger charge is -2.12. The van der Waals surface area contributed by atoms with E-state index in [1.54, 1.807) is 18.2 Å². The van der Waals surface area contributed by atoms with Gasteiger partial charge in [0.25, 0.3) is 0 Å². The number of ether oxygens (including phenoxy) is 1. The molecular formula is C16H18FNO. The zero-order chi connectivity index (χ0) is 13.7. The van der Waals surface area contributed by atoms with Crippen molar-refractivity contribution in [2.75, 3.05) is 6.54 Å². The molecule has 2 nitrogen and oxygen atoms in total. The first kappa shape index (κ1) is 13.6. The lowest BCUT2D eigenvalue weighted by Crippen LogP contribution is -2.04. The second-order valence-corrected chi connectivity index (χ2v) is 4.58. The van der Waals surface area contributed by atoms with Crippen LogP contribution in [0.4, 0.5) is 4.39 Å². The number of hydrogen-bond donors (Lipinski definition) is 1. The second-order valence-electron chi connectivity index (χ2n) is 4.58. The summed E-state index contributed by atoms with van der Waals surface area (Å²) in [4.78, 5) is 0. The van der Waals surface area contributed by atoms with Crippen LogP contribution in [0.15, 0.2) is 48.5 Å². The van der Waals surface area contributed by atoms with Gasteiger partial charge in [0.15, 0.2) is 11.6 Å². The van der Waals surface area contributed by atoms with Crippen LogP contribution in [0.2, 0.25) is 0 Å². The van der Waals surface area contributed by atoms with Crippen LogP contribution in [0, 0.1) is 5.82 Å². The number of nitrogens with two attached hydrogens (primary N) is 1. The molecule has 0 spiro atoms.